The summed E-state index contributed by atoms with van der Waals surface area (Å²) >= 11 is 0. The Morgan fingerprint density at radius 2 is 2.00 bits per heavy atom. The molecule has 0 spiro atoms. The molecule has 0 aliphatic carbocycles. The van der Waals surface area contributed by atoms with Crippen LogP contribution in [-0.2, 0) is 14.8 Å². The van der Waals surface area contributed by atoms with Gasteiger partial charge in [-0.15, -0.1) is 0 Å². The van der Waals surface area contributed by atoms with Crippen LogP contribution in [0.25, 0.3) is 0 Å². The van der Waals surface area contributed by atoms with Crippen LogP contribution < -0.4 is 10.0 Å². The van der Waals surface area contributed by atoms with Crippen LogP contribution in [0.2, 0.25) is 0 Å². The highest BCUT2D eigenvalue weighted by atomic mass is 32.2. The van der Waals surface area contributed by atoms with Gasteiger partial charge in [0, 0.05) is 19.0 Å². The fraction of sp³-hybridized carbons (Fsp3) is 0.333. The number of hydrogen-bond donors (Lipinski definition) is 3. The quantitative estimate of drug-likeness (QED) is 0.705. The zero-order valence-corrected chi connectivity index (χ0v) is 11.3. The maximum absolute atomic E-state index is 12.0. The minimum absolute atomic E-state index is 0.00757. The molecule has 1 aromatic carbocycles. The van der Waals surface area contributed by atoms with Gasteiger partial charge >= 0.3 is 5.97 Å². The van der Waals surface area contributed by atoms with Crippen LogP contribution in [-0.4, -0.2) is 38.0 Å². The van der Waals surface area contributed by atoms with E-state index in [0.29, 0.717) is 12.8 Å². The fourth-order valence-corrected chi connectivity index (χ4v) is 2.98. The summed E-state index contributed by atoms with van der Waals surface area (Å²) < 4.78 is 26.4. The van der Waals surface area contributed by atoms with E-state index in [0.717, 1.165) is 0 Å². The van der Waals surface area contributed by atoms with Gasteiger partial charge in [-0.05, 0) is 30.7 Å². The Morgan fingerprint density at radius 3 is 2.50 bits per heavy atom. The van der Waals surface area contributed by atoms with Gasteiger partial charge in [0.2, 0.25) is 15.9 Å². The van der Waals surface area contributed by atoms with Gasteiger partial charge in [0.05, 0.1) is 10.5 Å². The van der Waals surface area contributed by atoms with Crippen molar-refractivity contribution in [2.75, 3.05) is 6.54 Å². The molecule has 1 unspecified atom stereocenters. The Morgan fingerprint density at radius 1 is 1.35 bits per heavy atom. The zero-order chi connectivity index (χ0) is 14.8. The molecule has 1 amide bonds. The molecule has 0 aromatic heterocycles. The largest absolute Gasteiger partial charge is 0.478 e. The zero-order valence-electron chi connectivity index (χ0n) is 10.5. The lowest BCUT2D eigenvalue weighted by atomic mass is 10.2. The van der Waals surface area contributed by atoms with Crippen molar-refractivity contribution in [2.24, 2.45) is 0 Å². The summed E-state index contributed by atoms with van der Waals surface area (Å²) in [6, 6.07) is 4.73. The Labute approximate surface area is 116 Å². The maximum atomic E-state index is 12.0. The monoisotopic (exact) mass is 298 g/mol. The molecule has 8 heteroatoms. The van der Waals surface area contributed by atoms with Crippen molar-refractivity contribution in [3.05, 3.63) is 29.8 Å². The van der Waals surface area contributed by atoms with Crippen molar-refractivity contribution in [2.45, 2.75) is 23.8 Å². The third kappa shape index (κ3) is 3.34. The van der Waals surface area contributed by atoms with Gasteiger partial charge in [-0.3, -0.25) is 4.79 Å². The first kappa shape index (κ1) is 14.5. The van der Waals surface area contributed by atoms with Crippen LogP contribution >= 0.6 is 0 Å². The second-order valence-electron chi connectivity index (χ2n) is 4.48. The molecule has 2 rings (SSSR count). The first-order valence-electron chi connectivity index (χ1n) is 6.01. The summed E-state index contributed by atoms with van der Waals surface area (Å²) in [6.07, 6.45) is 0.999. The van der Waals surface area contributed by atoms with Crippen molar-refractivity contribution in [1.29, 1.82) is 0 Å². The average molecular weight is 298 g/mol. The van der Waals surface area contributed by atoms with Crippen molar-refractivity contribution < 1.29 is 23.1 Å². The number of rotatable bonds is 5. The molecule has 108 valence electrons. The number of aromatic carboxylic acids is 1. The molecule has 1 atom stereocenters. The molecular weight excluding hydrogens is 284 g/mol. The van der Waals surface area contributed by atoms with E-state index in [9.17, 15) is 18.0 Å². The van der Waals surface area contributed by atoms with Gasteiger partial charge < -0.3 is 10.4 Å². The number of amides is 1. The number of sulfonamides is 1. The molecule has 0 saturated carbocycles. The molecule has 20 heavy (non-hydrogen) atoms. The summed E-state index contributed by atoms with van der Waals surface area (Å²) in [6.45, 7) is 0.120. The lowest BCUT2D eigenvalue weighted by molar-refractivity contribution is -0.119. The Balaban J connectivity index is 2.02. The number of carbonyl (C=O) groups is 2. The smallest absolute Gasteiger partial charge is 0.335 e. The molecule has 1 fully saturated rings. The summed E-state index contributed by atoms with van der Waals surface area (Å²) in [7, 11) is -3.70. The highest BCUT2D eigenvalue weighted by Gasteiger charge is 2.23. The van der Waals surface area contributed by atoms with Gasteiger partial charge in [0.25, 0.3) is 0 Å². The lowest BCUT2D eigenvalue weighted by Crippen LogP contribution is -2.38. The normalized spacial score (nSPS) is 18.8. The van der Waals surface area contributed by atoms with Crippen LogP contribution in [0.15, 0.2) is 29.2 Å². The third-order valence-corrected chi connectivity index (χ3v) is 4.46. The Bertz CT molecular complexity index is 624. The lowest BCUT2D eigenvalue weighted by Gasteiger charge is -2.11. The van der Waals surface area contributed by atoms with Crippen LogP contribution in [0.5, 0.6) is 0 Å². The number of nitrogens with one attached hydrogen (secondary N) is 2. The average Bonchev–Trinajstić information content (AvgIpc) is 2.82. The molecule has 7 nitrogen and oxygen atoms in total. The number of carbonyl (C=O) groups excluding carboxylic acids is 1. The van der Waals surface area contributed by atoms with E-state index in [-0.39, 0.29) is 29.0 Å². The van der Waals surface area contributed by atoms with Gasteiger partial charge in [-0.25, -0.2) is 17.9 Å². The van der Waals surface area contributed by atoms with Crippen molar-refractivity contribution in [3.63, 3.8) is 0 Å². The molecule has 0 bridgehead atoms. The van der Waals surface area contributed by atoms with Gasteiger partial charge in [-0.2, -0.15) is 0 Å². The molecule has 1 saturated heterocycles. The Kier molecular flexibility index (Phi) is 4.05. The predicted molar refractivity (Wildman–Crippen MR) is 69.8 cm³/mol. The van der Waals surface area contributed by atoms with Crippen molar-refractivity contribution >= 4 is 21.9 Å². The first-order valence-corrected chi connectivity index (χ1v) is 7.49. The van der Waals surface area contributed by atoms with Crippen LogP contribution in [0.4, 0.5) is 0 Å². The van der Waals surface area contributed by atoms with Crippen LogP contribution in [0.3, 0.4) is 0 Å². The van der Waals surface area contributed by atoms with E-state index >= 15 is 0 Å². The maximum Gasteiger partial charge on any atom is 0.335 e. The van der Waals surface area contributed by atoms with Crippen LogP contribution in [0.1, 0.15) is 23.2 Å². The van der Waals surface area contributed by atoms with Crippen molar-refractivity contribution in [1.82, 2.24) is 10.0 Å². The highest BCUT2D eigenvalue weighted by Crippen LogP contribution is 2.12. The van der Waals surface area contributed by atoms with Gasteiger partial charge in [0.1, 0.15) is 0 Å². The second-order valence-corrected chi connectivity index (χ2v) is 6.25. The fourth-order valence-electron chi connectivity index (χ4n) is 1.90. The highest BCUT2D eigenvalue weighted by molar-refractivity contribution is 7.89. The van der Waals surface area contributed by atoms with Crippen LogP contribution in [0, 0.1) is 0 Å². The standard InChI is InChI=1S/C12H14N2O5S/c15-11-6-3-9(14-11)7-13-20(18,19)10-4-1-8(2-5-10)12(16)17/h1-2,4-5,9,13H,3,6-7H2,(H,14,15)(H,16,17). The topological polar surface area (TPSA) is 113 Å². The minimum atomic E-state index is -3.70. The third-order valence-electron chi connectivity index (χ3n) is 3.02. The van der Waals surface area contributed by atoms with E-state index in [1.165, 1.54) is 24.3 Å². The van der Waals surface area contributed by atoms with Gasteiger partial charge in [0.15, 0.2) is 0 Å². The molecule has 1 heterocycles. The second kappa shape index (κ2) is 5.59. The van der Waals surface area contributed by atoms with E-state index in [2.05, 4.69) is 10.0 Å². The summed E-state index contributed by atoms with van der Waals surface area (Å²) in [5, 5.41) is 11.4. The number of carboxylic acid groups (broad SMARTS) is 1. The number of carboxylic acids is 1. The molecule has 1 aromatic rings. The van der Waals surface area contributed by atoms with E-state index in [1.54, 1.807) is 0 Å². The molecule has 0 radical (unpaired) electrons. The molecule has 1 aliphatic rings. The molecule has 1 aliphatic heterocycles. The molecular formula is C12H14N2O5S. The minimum Gasteiger partial charge on any atom is -0.478 e. The van der Waals surface area contributed by atoms with E-state index in [1.807, 2.05) is 0 Å². The number of benzene rings is 1. The van der Waals surface area contributed by atoms with Crippen molar-refractivity contribution in [3.8, 4) is 0 Å². The Hall–Kier alpha value is -1.93. The summed E-state index contributed by atoms with van der Waals surface area (Å²) in [5.74, 6) is -1.20. The predicted octanol–water partition coefficient (Wildman–Crippen LogP) is -0.0583. The van der Waals surface area contributed by atoms with E-state index < -0.39 is 16.0 Å². The number of hydrogen-bond acceptors (Lipinski definition) is 4. The van der Waals surface area contributed by atoms with E-state index in [4.69, 9.17) is 5.11 Å². The van der Waals surface area contributed by atoms with Gasteiger partial charge in [-0.1, -0.05) is 0 Å². The first-order chi connectivity index (χ1) is 9.38. The summed E-state index contributed by atoms with van der Waals surface area (Å²) in [4.78, 5) is 21.7. The molecule has 3 N–H and O–H groups in total. The SMILES string of the molecule is O=C1CCC(CNS(=O)(=O)c2ccc(C(=O)O)cc2)N1. The summed E-state index contributed by atoms with van der Waals surface area (Å²) in [5.41, 5.74) is 0.0204.